The number of benzene rings is 1. The van der Waals surface area contributed by atoms with Gasteiger partial charge in [0.2, 0.25) is 0 Å². The summed E-state index contributed by atoms with van der Waals surface area (Å²) in [5.74, 6) is 1.17. The Balaban J connectivity index is 2.11. The number of aryl methyl sites for hydroxylation is 1. The highest BCUT2D eigenvalue weighted by molar-refractivity contribution is 5.75. The first-order valence-electron chi connectivity index (χ1n) is 7.90. The van der Waals surface area contributed by atoms with Crippen LogP contribution in [0.5, 0.6) is 0 Å². The largest absolute Gasteiger partial charge is 0.331 e. The van der Waals surface area contributed by atoms with Gasteiger partial charge in [0.05, 0.1) is 11.0 Å². The number of nitrogens with zero attached hydrogens (tertiary/aromatic N) is 3. The van der Waals surface area contributed by atoms with Gasteiger partial charge in [0.25, 0.3) is 0 Å². The second-order valence-electron chi connectivity index (χ2n) is 6.02. The summed E-state index contributed by atoms with van der Waals surface area (Å²) >= 11 is 0. The Hall–Kier alpha value is -1.39. The molecule has 4 nitrogen and oxygen atoms in total. The first-order valence-corrected chi connectivity index (χ1v) is 7.90. The highest BCUT2D eigenvalue weighted by atomic mass is 15.1. The van der Waals surface area contributed by atoms with Crippen LogP contribution in [-0.2, 0) is 13.5 Å². The summed E-state index contributed by atoms with van der Waals surface area (Å²) in [5.41, 5.74) is 2.31. The van der Waals surface area contributed by atoms with Crippen molar-refractivity contribution >= 4 is 11.0 Å². The fourth-order valence-corrected chi connectivity index (χ4v) is 2.64. The van der Waals surface area contributed by atoms with E-state index in [1.807, 2.05) is 0 Å². The van der Waals surface area contributed by atoms with Crippen molar-refractivity contribution in [1.82, 2.24) is 19.8 Å². The van der Waals surface area contributed by atoms with Crippen molar-refractivity contribution in [2.24, 2.45) is 7.05 Å². The summed E-state index contributed by atoms with van der Waals surface area (Å²) in [5, 5.41) is 3.66. The van der Waals surface area contributed by atoms with E-state index in [-0.39, 0.29) is 0 Å². The zero-order valence-corrected chi connectivity index (χ0v) is 13.8. The third kappa shape index (κ3) is 4.29. The van der Waals surface area contributed by atoms with E-state index in [0.29, 0.717) is 6.04 Å². The molecule has 4 heteroatoms. The minimum atomic E-state index is 0.489. The number of aromatic nitrogens is 2. The molecule has 0 bridgehead atoms. The van der Waals surface area contributed by atoms with E-state index in [9.17, 15) is 0 Å². The highest BCUT2D eigenvalue weighted by Gasteiger charge is 2.14. The molecule has 1 aromatic carbocycles. The molecule has 1 unspecified atom stereocenters. The van der Waals surface area contributed by atoms with Crippen LogP contribution in [0.2, 0.25) is 0 Å². The first kappa shape index (κ1) is 16.0. The van der Waals surface area contributed by atoms with Gasteiger partial charge in [-0.2, -0.15) is 0 Å². The Bertz CT molecular complexity index is 559. The van der Waals surface area contributed by atoms with Gasteiger partial charge in [-0.1, -0.05) is 19.1 Å². The SMILES string of the molecule is CCCNC(CCN(C)C)Cc1nc2ccccc2n1C. The fraction of sp³-hybridized carbons (Fsp3) is 0.588. The summed E-state index contributed by atoms with van der Waals surface area (Å²) in [6, 6.07) is 8.85. The summed E-state index contributed by atoms with van der Waals surface area (Å²) in [7, 11) is 6.38. The summed E-state index contributed by atoms with van der Waals surface area (Å²) in [6.45, 7) is 4.39. The van der Waals surface area contributed by atoms with E-state index in [1.165, 1.54) is 17.8 Å². The second kappa shape index (κ2) is 7.57. The van der Waals surface area contributed by atoms with Crippen molar-refractivity contribution in [2.45, 2.75) is 32.2 Å². The summed E-state index contributed by atoms with van der Waals surface area (Å²) in [4.78, 5) is 7.04. The number of para-hydroxylation sites is 2. The lowest BCUT2D eigenvalue weighted by molar-refractivity contribution is 0.353. The predicted molar refractivity (Wildman–Crippen MR) is 89.7 cm³/mol. The van der Waals surface area contributed by atoms with Crippen molar-refractivity contribution in [3.63, 3.8) is 0 Å². The normalized spacial score (nSPS) is 13.2. The van der Waals surface area contributed by atoms with Crippen molar-refractivity contribution in [3.05, 3.63) is 30.1 Å². The van der Waals surface area contributed by atoms with E-state index in [2.05, 4.69) is 67.1 Å². The Kier molecular flexibility index (Phi) is 5.76. The van der Waals surface area contributed by atoms with Crippen LogP contribution in [0.4, 0.5) is 0 Å². The van der Waals surface area contributed by atoms with E-state index < -0.39 is 0 Å². The Morgan fingerprint density at radius 3 is 2.71 bits per heavy atom. The third-order valence-corrected chi connectivity index (χ3v) is 3.92. The van der Waals surface area contributed by atoms with E-state index in [1.54, 1.807) is 0 Å². The van der Waals surface area contributed by atoms with Crippen LogP contribution in [0.15, 0.2) is 24.3 Å². The number of hydrogen-bond acceptors (Lipinski definition) is 3. The van der Waals surface area contributed by atoms with Crippen molar-refractivity contribution in [2.75, 3.05) is 27.2 Å². The van der Waals surface area contributed by atoms with Crippen LogP contribution in [0.25, 0.3) is 11.0 Å². The minimum Gasteiger partial charge on any atom is -0.331 e. The van der Waals surface area contributed by atoms with Crippen LogP contribution in [-0.4, -0.2) is 47.7 Å². The molecule has 116 valence electrons. The van der Waals surface area contributed by atoms with Gasteiger partial charge in [0.15, 0.2) is 0 Å². The molecule has 0 spiro atoms. The Morgan fingerprint density at radius 1 is 1.29 bits per heavy atom. The average molecular weight is 288 g/mol. The first-order chi connectivity index (χ1) is 10.1. The fourth-order valence-electron chi connectivity index (χ4n) is 2.64. The monoisotopic (exact) mass is 288 g/mol. The molecule has 0 aliphatic heterocycles. The molecule has 1 N–H and O–H groups in total. The molecular weight excluding hydrogens is 260 g/mol. The molecule has 1 atom stereocenters. The van der Waals surface area contributed by atoms with E-state index in [0.717, 1.165) is 31.4 Å². The summed E-state index contributed by atoms with van der Waals surface area (Å²) in [6.07, 6.45) is 3.30. The third-order valence-electron chi connectivity index (χ3n) is 3.92. The Morgan fingerprint density at radius 2 is 2.05 bits per heavy atom. The van der Waals surface area contributed by atoms with E-state index >= 15 is 0 Å². The van der Waals surface area contributed by atoms with Crippen molar-refractivity contribution in [3.8, 4) is 0 Å². The maximum atomic E-state index is 4.80. The number of fused-ring (bicyclic) bond motifs is 1. The minimum absolute atomic E-state index is 0.489. The van der Waals surface area contributed by atoms with Gasteiger partial charge in [0.1, 0.15) is 5.82 Å². The number of imidazole rings is 1. The van der Waals surface area contributed by atoms with Gasteiger partial charge in [-0.15, -0.1) is 0 Å². The van der Waals surface area contributed by atoms with Crippen LogP contribution >= 0.6 is 0 Å². The number of hydrogen-bond donors (Lipinski definition) is 1. The molecule has 2 aromatic rings. The summed E-state index contributed by atoms with van der Waals surface area (Å²) < 4.78 is 2.23. The molecule has 0 saturated heterocycles. The second-order valence-corrected chi connectivity index (χ2v) is 6.02. The highest BCUT2D eigenvalue weighted by Crippen LogP contribution is 2.16. The smallest absolute Gasteiger partial charge is 0.111 e. The molecule has 0 aliphatic rings. The topological polar surface area (TPSA) is 33.1 Å². The van der Waals surface area contributed by atoms with Gasteiger partial charge < -0.3 is 14.8 Å². The van der Waals surface area contributed by atoms with Gasteiger partial charge in [-0.3, -0.25) is 0 Å². The lowest BCUT2D eigenvalue weighted by Gasteiger charge is -2.20. The molecule has 1 aromatic heterocycles. The molecule has 0 aliphatic carbocycles. The molecule has 1 heterocycles. The molecule has 0 radical (unpaired) electrons. The zero-order chi connectivity index (χ0) is 15.2. The van der Waals surface area contributed by atoms with Crippen molar-refractivity contribution in [1.29, 1.82) is 0 Å². The standard InChI is InChI=1S/C17H28N4/c1-5-11-18-14(10-12-20(2)3)13-17-19-15-8-6-7-9-16(15)21(17)4/h6-9,14,18H,5,10-13H2,1-4H3. The maximum absolute atomic E-state index is 4.80. The molecule has 0 amide bonds. The molecule has 2 rings (SSSR count). The molecule has 0 saturated carbocycles. The quantitative estimate of drug-likeness (QED) is 0.810. The number of nitrogens with one attached hydrogen (secondary N) is 1. The maximum Gasteiger partial charge on any atom is 0.111 e. The van der Waals surface area contributed by atoms with Crippen LogP contribution in [0.1, 0.15) is 25.6 Å². The van der Waals surface area contributed by atoms with Crippen molar-refractivity contribution < 1.29 is 0 Å². The van der Waals surface area contributed by atoms with Gasteiger partial charge in [-0.25, -0.2) is 4.98 Å². The van der Waals surface area contributed by atoms with Crippen LogP contribution in [0, 0.1) is 0 Å². The number of rotatable bonds is 8. The van der Waals surface area contributed by atoms with Gasteiger partial charge >= 0.3 is 0 Å². The lowest BCUT2D eigenvalue weighted by atomic mass is 10.1. The average Bonchev–Trinajstić information content (AvgIpc) is 2.78. The van der Waals surface area contributed by atoms with Crippen LogP contribution < -0.4 is 5.32 Å². The van der Waals surface area contributed by atoms with Crippen LogP contribution in [0.3, 0.4) is 0 Å². The lowest BCUT2D eigenvalue weighted by Crippen LogP contribution is -2.35. The zero-order valence-electron chi connectivity index (χ0n) is 13.8. The van der Waals surface area contributed by atoms with Gasteiger partial charge in [0, 0.05) is 19.5 Å². The molecule has 21 heavy (non-hydrogen) atoms. The van der Waals surface area contributed by atoms with E-state index in [4.69, 9.17) is 4.98 Å². The predicted octanol–water partition coefficient (Wildman–Crippen LogP) is 2.44. The Labute approximate surface area is 128 Å². The van der Waals surface area contributed by atoms with Gasteiger partial charge in [-0.05, 0) is 52.2 Å². The molecule has 0 fully saturated rings. The molecular formula is C17H28N4.